The van der Waals surface area contributed by atoms with Crippen LogP contribution in [0.15, 0.2) is 18.3 Å². The van der Waals surface area contributed by atoms with Gasteiger partial charge in [-0.1, -0.05) is 31.0 Å². The van der Waals surface area contributed by atoms with Crippen molar-refractivity contribution in [2.45, 2.75) is 33.6 Å². The summed E-state index contributed by atoms with van der Waals surface area (Å²) in [5.41, 5.74) is 3.05. The van der Waals surface area contributed by atoms with E-state index in [2.05, 4.69) is 38.8 Å². The molecule has 2 aromatic rings. The first-order valence-electron chi connectivity index (χ1n) is 7.07. The Bertz CT molecular complexity index is 592. The molecule has 0 aliphatic rings. The SMILES string of the molecule is CCCCNc1nncc(Nc2c(C)cc(C)cc2Cl)n1. The van der Waals surface area contributed by atoms with E-state index in [1.165, 1.54) is 0 Å². The Labute approximate surface area is 130 Å². The minimum Gasteiger partial charge on any atom is -0.353 e. The average molecular weight is 306 g/mol. The molecule has 0 amide bonds. The number of benzene rings is 1. The van der Waals surface area contributed by atoms with Crippen LogP contribution in [0.4, 0.5) is 17.5 Å². The van der Waals surface area contributed by atoms with Gasteiger partial charge >= 0.3 is 0 Å². The molecule has 2 N–H and O–H groups in total. The Morgan fingerprint density at radius 1 is 1.24 bits per heavy atom. The van der Waals surface area contributed by atoms with Crippen LogP contribution < -0.4 is 10.6 Å². The van der Waals surface area contributed by atoms with Gasteiger partial charge in [-0.25, -0.2) is 0 Å². The number of halogens is 1. The van der Waals surface area contributed by atoms with Crippen LogP contribution >= 0.6 is 11.6 Å². The minimum atomic E-state index is 0.523. The van der Waals surface area contributed by atoms with E-state index in [0.717, 1.165) is 36.2 Å². The molecule has 21 heavy (non-hydrogen) atoms. The van der Waals surface area contributed by atoms with Crippen LogP contribution in [0.3, 0.4) is 0 Å². The van der Waals surface area contributed by atoms with Crippen molar-refractivity contribution in [2.24, 2.45) is 0 Å². The maximum absolute atomic E-state index is 6.28. The van der Waals surface area contributed by atoms with Gasteiger partial charge in [0, 0.05) is 6.54 Å². The van der Waals surface area contributed by atoms with Crippen molar-refractivity contribution < 1.29 is 0 Å². The molecule has 1 aromatic heterocycles. The molecule has 5 nitrogen and oxygen atoms in total. The summed E-state index contributed by atoms with van der Waals surface area (Å²) in [7, 11) is 0. The smallest absolute Gasteiger partial charge is 0.244 e. The molecule has 1 aromatic carbocycles. The fraction of sp³-hybridized carbons (Fsp3) is 0.400. The highest BCUT2D eigenvalue weighted by Gasteiger charge is 2.07. The lowest BCUT2D eigenvalue weighted by Crippen LogP contribution is -2.07. The normalized spacial score (nSPS) is 10.5. The van der Waals surface area contributed by atoms with Crippen molar-refractivity contribution in [1.29, 1.82) is 0 Å². The number of anilines is 3. The molecule has 0 unspecified atom stereocenters. The zero-order valence-electron chi connectivity index (χ0n) is 12.6. The standard InChI is InChI=1S/C15H20ClN5/c1-4-5-6-17-15-20-13(9-18-21-15)19-14-11(3)7-10(2)8-12(14)16/h7-9H,4-6H2,1-3H3,(H2,17,19,20,21). The molecule has 0 radical (unpaired) electrons. The molecule has 112 valence electrons. The quantitative estimate of drug-likeness (QED) is 0.787. The molecule has 0 saturated carbocycles. The third-order valence-corrected chi connectivity index (χ3v) is 3.36. The highest BCUT2D eigenvalue weighted by atomic mass is 35.5. The Balaban J connectivity index is 2.15. The third-order valence-electron chi connectivity index (χ3n) is 3.06. The summed E-state index contributed by atoms with van der Waals surface area (Å²) in [5, 5.41) is 15.0. The Hall–Kier alpha value is -1.88. The van der Waals surface area contributed by atoms with Crippen molar-refractivity contribution in [2.75, 3.05) is 17.2 Å². The number of nitrogens with one attached hydrogen (secondary N) is 2. The summed E-state index contributed by atoms with van der Waals surface area (Å²) in [4.78, 5) is 4.39. The van der Waals surface area contributed by atoms with Crippen LogP contribution in [0.5, 0.6) is 0 Å². The van der Waals surface area contributed by atoms with Crippen molar-refractivity contribution in [3.63, 3.8) is 0 Å². The van der Waals surface area contributed by atoms with Crippen LogP contribution in [0.25, 0.3) is 0 Å². The molecule has 0 aliphatic carbocycles. The maximum Gasteiger partial charge on any atom is 0.244 e. The largest absolute Gasteiger partial charge is 0.353 e. The lowest BCUT2D eigenvalue weighted by Gasteiger charge is -2.12. The van der Waals surface area contributed by atoms with Crippen molar-refractivity contribution in [3.05, 3.63) is 34.5 Å². The first-order valence-corrected chi connectivity index (χ1v) is 7.45. The minimum absolute atomic E-state index is 0.523. The second kappa shape index (κ2) is 7.22. The lowest BCUT2D eigenvalue weighted by atomic mass is 10.1. The van der Waals surface area contributed by atoms with Gasteiger partial charge in [0.15, 0.2) is 5.82 Å². The molecule has 0 bridgehead atoms. The number of aromatic nitrogens is 3. The van der Waals surface area contributed by atoms with Gasteiger partial charge in [-0.3, -0.25) is 0 Å². The molecule has 1 heterocycles. The number of unbranched alkanes of at least 4 members (excludes halogenated alkanes) is 1. The molecule has 0 atom stereocenters. The van der Waals surface area contributed by atoms with Gasteiger partial charge < -0.3 is 10.6 Å². The Morgan fingerprint density at radius 3 is 2.76 bits per heavy atom. The molecule has 6 heteroatoms. The van der Waals surface area contributed by atoms with Crippen LogP contribution in [0.1, 0.15) is 30.9 Å². The number of aryl methyl sites for hydroxylation is 2. The monoisotopic (exact) mass is 305 g/mol. The van der Waals surface area contributed by atoms with Gasteiger partial charge in [0.1, 0.15) is 0 Å². The molecule has 0 saturated heterocycles. The summed E-state index contributed by atoms with van der Waals surface area (Å²) in [6.07, 6.45) is 3.78. The number of hydrogen-bond donors (Lipinski definition) is 2. The molecule has 2 rings (SSSR count). The molecule has 0 spiro atoms. The first kappa shape index (κ1) is 15.5. The second-order valence-electron chi connectivity index (χ2n) is 5.01. The summed E-state index contributed by atoms with van der Waals surface area (Å²) in [6, 6.07) is 4.00. The van der Waals surface area contributed by atoms with Gasteiger partial charge in [-0.05, 0) is 37.5 Å². The van der Waals surface area contributed by atoms with Gasteiger partial charge in [0.2, 0.25) is 5.95 Å². The van der Waals surface area contributed by atoms with E-state index in [1.54, 1.807) is 6.20 Å². The van der Waals surface area contributed by atoms with Crippen LogP contribution in [0.2, 0.25) is 5.02 Å². The Kier molecular flexibility index (Phi) is 5.33. The third kappa shape index (κ3) is 4.29. The molecule has 0 aliphatic heterocycles. The summed E-state index contributed by atoms with van der Waals surface area (Å²) >= 11 is 6.28. The van der Waals surface area contributed by atoms with E-state index in [4.69, 9.17) is 11.6 Å². The van der Waals surface area contributed by atoms with Crippen LogP contribution in [-0.2, 0) is 0 Å². The lowest BCUT2D eigenvalue weighted by molar-refractivity contribution is 0.819. The Morgan fingerprint density at radius 2 is 2.05 bits per heavy atom. The van der Waals surface area contributed by atoms with Gasteiger partial charge in [-0.2, -0.15) is 10.1 Å². The van der Waals surface area contributed by atoms with Gasteiger partial charge in [-0.15, -0.1) is 5.10 Å². The first-order chi connectivity index (χ1) is 10.1. The highest BCUT2D eigenvalue weighted by molar-refractivity contribution is 6.33. The maximum atomic E-state index is 6.28. The van der Waals surface area contributed by atoms with E-state index in [-0.39, 0.29) is 0 Å². The summed E-state index contributed by atoms with van der Waals surface area (Å²) in [5.74, 6) is 1.15. The fourth-order valence-corrected chi connectivity index (χ4v) is 2.39. The van der Waals surface area contributed by atoms with Gasteiger partial charge in [0.25, 0.3) is 0 Å². The van der Waals surface area contributed by atoms with E-state index in [9.17, 15) is 0 Å². The van der Waals surface area contributed by atoms with Crippen LogP contribution in [0, 0.1) is 13.8 Å². The van der Waals surface area contributed by atoms with Crippen molar-refractivity contribution in [1.82, 2.24) is 15.2 Å². The zero-order valence-corrected chi connectivity index (χ0v) is 13.3. The molecular weight excluding hydrogens is 286 g/mol. The predicted molar refractivity (Wildman–Crippen MR) is 87.4 cm³/mol. The van der Waals surface area contributed by atoms with E-state index >= 15 is 0 Å². The van der Waals surface area contributed by atoms with E-state index in [0.29, 0.717) is 16.8 Å². The van der Waals surface area contributed by atoms with Gasteiger partial charge in [0.05, 0.1) is 16.9 Å². The highest BCUT2D eigenvalue weighted by Crippen LogP contribution is 2.29. The summed E-state index contributed by atoms with van der Waals surface area (Å²) < 4.78 is 0. The zero-order chi connectivity index (χ0) is 15.2. The predicted octanol–water partition coefficient (Wildman–Crippen LogP) is 4.10. The summed E-state index contributed by atoms with van der Waals surface area (Å²) in [6.45, 7) is 7.01. The molecule has 0 fully saturated rings. The van der Waals surface area contributed by atoms with Crippen LogP contribution in [-0.4, -0.2) is 21.7 Å². The van der Waals surface area contributed by atoms with E-state index < -0.39 is 0 Å². The number of rotatable bonds is 6. The topological polar surface area (TPSA) is 62.7 Å². The van der Waals surface area contributed by atoms with Crippen molar-refractivity contribution >= 4 is 29.1 Å². The van der Waals surface area contributed by atoms with Crippen molar-refractivity contribution in [3.8, 4) is 0 Å². The van der Waals surface area contributed by atoms with E-state index in [1.807, 2.05) is 19.9 Å². The fourth-order valence-electron chi connectivity index (χ4n) is 2.02. The second-order valence-corrected chi connectivity index (χ2v) is 5.42. The number of nitrogens with zero attached hydrogens (tertiary/aromatic N) is 3. The number of hydrogen-bond acceptors (Lipinski definition) is 5. The average Bonchev–Trinajstić information content (AvgIpc) is 2.44. The molecular formula is C15H20ClN5.